The fraction of sp³-hybridized carbons (Fsp3) is 0.667. The molecule has 12 heavy (non-hydrogen) atoms. The van der Waals surface area contributed by atoms with E-state index in [1.807, 2.05) is 6.20 Å². The number of H-pyrrole nitrogens is 1. The molecule has 0 spiro atoms. The number of imidazole rings is 1. The van der Waals surface area contributed by atoms with Crippen LogP contribution in [0.2, 0.25) is 0 Å². The molecule has 0 atom stereocenters. The standard InChI is InChI=1S/C9H16N2.BrH/c1-7(2)9-10-5-6-11(9)8(3)4;/h5-8H,1-4H3;1H. The summed E-state index contributed by atoms with van der Waals surface area (Å²) in [6.45, 7) is 8.79. The molecule has 0 amide bonds. The van der Waals surface area contributed by atoms with Crippen LogP contribution < -0.4 is 21.5 Å². The van der Waals surface area contributed by atoms with Gasteiger partial charge in [0.25, 0.3) is 5.82 Å². The highest BCUT2D eigenvalue weighted by atomic mass is 79.9. The van der Waals surface area contributed by atoms with E-state index in [2.05, 4.69) is 43.4 Å². The molecule has 0 aliphatic rings. The SMILES string of the molecule is CC(C)c1[nH]cc[n+]1C(C)C.[Br-]. The molecule has 0 radical (unpaired) electrons. The molecule has 1 rings (SSSR count). The first-order valence-electron chi connectivity index (χ1n) is 4.21. The number of aromatic nitrogens is 2. The van der Waals surface area contributed by atoms with Gasteiger partial charge in [-0.2, -0.15) is 0 Å². The summed E-state index contributed by atoms with van der Waals surface area (Å²) in [5.74, 6) is 1.88. The molecular weight excluding hydrogens is 216 g/mol. The average molecular weight is 233 g/mol. The summed E-state index contributed by atoms with van der Waals surface area (Å²) < 4.78 is 2.27. The summed E-state index contributed by atoms with van der Waals surface area (Å²) in [5, 5.41) is 0. The minimum atomic E-state index is 0. The van der Waals surface area contributed by atoms with Gasteiger partial charge in [-0.15, -0.1) is 0 Å². The lowest BCUT2D eigenvalue weighted by Crippen LogP contribution is -3.00. The van der Waals surface area contributed by atoms with Crippen molar-refractivity contribution in [3.63, 3.8) is 0 Å². The monoisotopic (exact) mass is 232 g/mol. The van der Waals surface area contributed by atoms with Gasteiger partial charge in [-0.3, -0.25) is 0 Å². The van der Waals surface area contributed by atoms with Crippen LogP contribution >= 0.6 is 0 Å². The number of hydrogen-bond donors (Lipinski definition) is 1. The highest BCUT2D eigenvalue weighted by Crippen LogP contribution is 2.07. The lowest BCUT2D eigenvalue weighted by atomic mass is 10.2. The quantitative estimate of drug-likeness (QED) is 0.633. The van der Waals surface area contributed by atoms with Crippen LogP contribution in [0.25, 0.3) is 0 Å². The maximum absolute atomic E-state index is 3.25. The molecular formula is C9H17BrN2. The van der Waals surface area contributed by atoms with Crippen molar-refractivity contribution in [2.75, 3.05) is 0 Å². The van der Waals surface area contributed by atoms with Gasteiger partial charge in [-0.25, -0.2) is 9.55 Å². The van der Waals surface area contributed by atoms with E-state index in [1.165, 1.54) is 5.82 Å². The van der Waals surface area contributed by atoms with Gasteiger partial charge in [-0.05, 0) is 13.8 Å². The van der Waals surface area contributed by atoms with Gasteiger partial charge in [0.2, 0.25) is 0 Å². The van der Waals surface area contributed by atoms with E-state index in [1.54, 1.807) is 0 Å². The molecule has 1 aromatic heterocycles. The molecule has 1 N–H and O–H groups in total. The van der Waals surface area contributed by atoms with Gasteiger partial charge < -0.3 is 17.0 Å². The third kappa shape index (κ3) is 2.34. The van der Waals surface area contributed by atoms with Crippen LogP contribution in [-0.2, 0) is 0 Å². The fourth-order valence-electron chi connectivity index (χ4n) is 1.27. The zero-order chi connectivity index (χ0) is 8.43. The minimum absolute atomic E-state index is 0. The predicted molar refractivity (Wildman–Crippen MR) is 45.5 cm³/mol. The summed E-state index contributed by atoms with van der Waals surface area (Å²) >= 11 is 0. The van der Waals surface area contributed by atoms with Crippen molar-refractivity contribution < 1.29 is 21.5 Å². The van der Waals surface area contributed by atoms with Gasteiger partial charge in [0.1, 0.15) is 12.4 Å². The van der Waals surface area contributed by atoms with Crippen molar-refractivity contribution in [2.45, 2.75) is 39.7 Å². The van der Waals surface area contributed by atoms with Gasteiger partial charge in [0.05, 0.1) is 12.0 Å². The Bertz CT molecular complexity index is 206. The van der Waals surface area contributed by atoms with Crippen molar-refractivity contribution in [2.24, 2.45) is 0 Å². The Morgan fingerprint density at radius 3 is 2.17 bits per heavy atom. The van der Waals surface area contributed by atoms with Crippen molar-refractivity contribution in [1.29, 1.82) is 0 Å². The maximum atomic E-state index is 3.25. The molecule has 0 aliphatic heterocycles. The highest BCUT2D eigenvalue weighted by Gasteiger charge is 2.15. The topological polar surface area (TPSA) is 19.7 Å². The number of halogens is 1. The average Bonchev–Trinajstić information content (AvgIpc) is 2.32. The van der Waals surface area contributed by atoms with Crippen LogP contribution in [0.4, 0.5) is 0 Å². The Kier molecular flexibility index (Phi) is 4.53. The van der Waals surface area contributed by atoms with Crippen LogP contribution in [0, 0.1) is 0 Å². The van der Waals surface area contributed by atoms with Crippen LogP contribution in [0.5, 0.6) is 0 Å². The number of aromatic amines is 1. The number of rotatable bonds is 2. The first kappa shape index (κ1) is 11.7. The molecule has 70 valence electrons. The predicted octanol–water partition coefficient (Wildman–Crippen LogP) is -0.989. The summed E-state index contributed by atoms with van der Waals surface area (Å²) in [6.07, 6.45) is 4.09. The Morgan fingerprint density at radius 1 is 1.25 bits per heavy atom. The third-order valence-electron chi connectivity index (χ3n) is 1.85. The van der Waals surface area contributed by atoms with Crippen molar-refractivity contribution in [3.8, 4) is 0 Å². The van der Waals surface area contributed by atoms with E-state index in [-0.39, 0.29) is 17.0 Å². The normalized spacial score (nSPS) is 10.5. The van der Waals surface area contributed by atoms with E-state index in [9.17, 15) is 0 Å². The summed E-state index contributed by atoms with van der Waals surface area (Å²) in [5.41, 5.74) is 0. The smallest absolute Gasteiger partial charge is 0.256 e. The molecule has 2 nitrogen and oxygen atoms in total. The summed E-state index contributed by atoms with van der Waals surface area (Å²) in [4.78, 5) is 3.25. The van der Waals surface area contributed by atoms with Gasteiger partial charge >= 0.3 is 0 Å². The molecule has 0 bridgehead atoms. The Morgan fingerprint density at radius 2 is 1.83 bits per heavy atom. The van der Waals surface area contributed by atoms with Crippen LogP contribution in [0.1, 0.15) is 45.5 Å². The Balaban J connectivity index is 0.00000121. The second-order valence-corrected chi connectivity index (χ2v) is 3.50. The van der Waals surface area contributed by atoms with Gasteiger partial charge in [-0.1, -0.05) is 13.8 Å². The van der Waals surface area contributed by atoms with Crippen molar-refractivity contribution in [1.82, 2.24) is 4.98 Å². The molecule has 1 heterocycles. The Hall–Kier alpha value is -0.310. The van der Waals surface area contributed by atoms with Crippen LogP contribution in [-0.4, -0.2) is 4.98 Å². The van der Waals surface area contributed by atoms with E-state index >= 15 is 0 Å². The molecule has 0 fully saturated rings. The Labute approximate surface area is 84.8 Å². The molecule has 0 saturated heterocycles. The van der Waals surface area contributed by atoms with Gasteiger partial charge in [0.15, 0.2) is 0 Å². The van der Waals surface area contributed by atoms with E-state index in [0.717, 1.165) is 0 Å². The second-order valence-electron chi connectivity index (χ2n) is 3.50. The first-order valence-corrected chi connectivity index (χ1v) is 4.21. The minimum Gasteiger partial charge on any atom is -1.00 e. The van der Waals surface area contributed by atoms with Crippen molar-refractivity contribution >= 4 is 0 Å². The summed E-state index contributed by atoms with van der Waals surface area (Å²) in [7, 11) is 0. The lowest BCUT2D eigenvalue weighted by molar-refractivity contribution is -0.722. The lowest BCUT2D eigenvalue weighted by Gasteiger charge is -2.05. The third-order valence-corrected chi connectivity index (χ3v) is 1.85. The largest absolute Gasteiger partial charge is 1.00 e. The number of nitrogens with one attached hydrogen (secondary N) is 1. The van der Waals surface area contributed by atoms with Crippen LogP contribution in [0.3, 0.4) is 0 Å². The van der Waals surface area contributed by atoms with E-state index in [0.29, 0.717) is 12.0 Å². The van der Waals surface area contributed by atoms with Gasteiger partial charge in [0, 0.05) is 0 Å². The summed E-state index contributed by atoms with van der Waals surface area (Å²) in [6, 6.07) is 0.554. The maximum Gasteiger partial charge on any atom is 0.256 e. The zero-order valence-electron chi connectivity index (χ0n) is 8.13. The molecule has 0 unspecified atom stereocenters. The van der Waals surface area contributed by atoms with E-state index < -0.39 is 0 Å². The molecule has 0 aliphatic carbocycles. The number of hydrogen-bond acceptors (Lipinski definition) is 0. The van der Waals surface area contributed by atoms with E-state index in [4.69, 9.17) is 0 Å². The highest BCUT2D eigenvalue weighted by molar-refractivity contribution is 4.84. The number of nitrogens with zero attached hydrogens (tertiary/aromatic N) is 1. The molecule has 0 aromatic carbocycles. The van der Waals surface area contributed by atoms with Crippen molar-refractivity contribution in [3.05, 3.63) is 18.2 Å². The molecule has 0 saturated carbocycles. The molecule has 1 aromatic rings. The first-order chi connectivity index (χ1) is 5.13. The fourth-order valence-corrected chi connectivity index (χ4v) is 1.27. The molecule has 3 heteroatoms. The zero-order valence-corrected chi connectivity index (χ0v) is 9.72. The second kappa shape index (κ2) is 4.65. The van der Waals surface area contributed by atoms with Crippen LogP contribution in [0.15, 0.2) is 12.4 Å².